The van der Waals surface area contributed by atoms with Gasteiger partial charge in [0.2, 0.25) is 11.8 Å². The summed E-state index contributed by atoms with van der Waals surface area (Å²) in [7, 11) is 3.29. The van der Waals surface area contributed by atoms with E-state index in [1.165, 1.54) is 16.2 Å². The van der Waals surface area contributed by atoms with Gasteiger partial charge in [0.15, 0.2) is 16.6 Å². The number of aromatic nitrogens is 1. The molecule has 1 fully saturated rings. The Morgan fingerprint density at radius 1 is 1.39 bits per heavy atom. The summed E-state index contributed by atoms with van der Waals surface area (Å²) in [5.41, 5.74) is 1.89. The predicted octanol–water partition coefficient (Wildman–Crippen LogP) is 2.84. The minimum atomic E-state index is -0.145. The molecule has 0 N–H and O–H groups in total. The summed E-state index contributed by atoms with van der Waals surface area (Å²) in [6.07, 6.45) is 0.380. The number of likely N-dealkylation sites (N-methyl/N-ethyl adjacent to an activating group) is 1. The molecule has 0 unspecified atom stereocenters. The lowest BCUT2D eigenvalue weighted by molar-refractivity contribution is -0.132. The van der Waals surface area contributed by atoms with E-state index in [0.717, 1.165) is 11.3 Å². The van der Waals surface area contributed by atoms with Gasteiger partial charge in [0.25, 0.3) is 0 Å². The molecule has 2 heterocycles. The summed E-state index contributed by atoms with van der Waals surface area (Å²) in [5.74, 6) is 1.20. The fraction of sp³-hybridized carbons (Fsp3) is 0.450. The van der Waals surface area contributed by atoms with E-state index in [0.29, 0.717) is 36.2 Å². The largest absolute Gasteiger partial charge is 0.493 e. The quantitative estimate of drug-likeness (QED) is 0.711. The van der Waals surface area contributed by atoms with Crippen LogP contribution in [0.15, 0.2) is 23.6 Å². The third-order valence-corrected chi connectivity index (χ3v) is 5.80. The number of amides is 2. The van der Waals surface area contributed by atoms with E-state index < -0.39 is 0 Å². The summed E-state index contributed by atoms with van der Waals surface area (Å²) < 4.78 is 11.0. The van der Waals surface area contributed by atoms with Crippen molar-refractivity contribution in [2.24, 2.45) is 0 Å². The number of benzene rings is 1. The lowest BCUT2D eigenvalue weighted by Gasteiger charge is -2.20. The van der Waals surface area contributed by atoms with Gasteiger partial charge >= 0.3 is 0 Å². The fourth-order valence-corrected chi connectivity index (χ4v) is 4.02. The van der Waals surface area contributed by atoms with Crippen LogP contribution in [0.5, 0.6) is 11.5 Å². The maximum absolute atomic E-state index is 12.6. The Balaban J connectivity index is 1.68. The highest BCUT2D eigenvalue weighted by molar-refractivity contribution is 7.14. The van der Waals surface area contributed by atoms with Crippen molar-refractivity contribution in [3.8, 4) is 11.5 Å². The zero-order valence-corrected chi connectivity index (χ0v) is 17.4. The van der Waals surface area contributed by atoms with Crippen LogP contribution in [0.1, 0.15) is 30.5 Å². The first-order chi connectivity index (χ1) is 13.4. The molecule has 0 saturated carbocycles. The molecule has 1 aliphatic rings. The molecule has 1 saturated heterocycles. The fourth-order valence-electron chi connectivity index (χ4n) is 3.24. The molecule has 3 rings (SSSR count). The predicted molar refractivity (Wildman–Crippen MR) is 108 cm³/mol. The van der Waals surface area contributed by atoms with Crippen LogP contribution in [0.3, 0.4) is 0 Å². The number of carbonyl (C=O) groups is 2. The van der Waals surface area contributed by atoms with Crippen LogP contribution >= 0.6 is 11.3 Å². The number of carbonyl (C=O) groups excluding carboxylic acids is 2. The molecule has 1 aromatic heterocycles. The summed E-state index contributed by atoms with van der Waals surface area (Å²) in [4.78, 5) is 32.5. The smallest absolute Gasteiger partial charge is 0.248 e. The summed E-state index contributed by atoms with van der Waals surface area (Å²) in [6.45, 7) is 4.90. The molecule has 1 aliphatic heterocycles. The Morgan fingerprint density at radius 2 is 2.18 bits per heavy atom. The highest BCUT2D eigenvalue weighted by atomic mass is 32.1. The summed E-state index contributed by atoms with van der Waals surface area (Å²) in [6, 6.07) is 5.74. The molecule has 7 nitrogen and oxygen atoms in total. The van der Waals surface area contributed by atoms with Crippen molar-refractivity contribution in [3.63, 3.8) is 0 Å². The minimum Gasteiger partial charge on any atom is -0.493 e. The topological polar surface area (TPSA) is 72.0 Å². The van der Waals surface area contributed by atoms with Gasteiger partial charge < -0.3 is 14.4 Å². The van der Waals surface area contributed by atoms with Crippen LogP contribution < -0.4 is 14.4 Å². The second-order valence-corrected chi connectivity index (χ2v) is 7.58. The lowest BCUT2D eigenvalue weighted by Crippen LogP contribution is -2.39. The molecule has 8 heteroatoms. The number of ether oxygens (including phenoxy) is 2. The normalized spacial score (nSPS) is 16.4. The van der Waals surface area contributed by atoms with E-state index in [4.69, 9.17) is 9.47 Å². The van der Waals surface area contributed by atoms with E-state index in [2.05, 4.69) is 4.98 Å². The Hall–Kier alpha value is -2.61. The Kier molecular flexibility index (Phi) is 6.18. The number of nitrogens with zero attached hydrogens (tertiary/aromatic N) is 3. The van der Waals surface area contributed by atoms with Crippen LogP contribution in [-0.4, -0.2) is 55.6 Å². The molecule has 28 heavy (non-hydrogen) atoms. The second kappa shape index (κ2) is 8.60. The molecule has 2 aromatic rings. The highest BCUT2D eigenvalue weighted by Gasteiger charge is 2.33. The number of likely N-dealkylation sites (tertiary alicyclic amines) is 1. The molecule has 1 aromatic carbocycles. The SMILES string of the molecule is CCOc1cc([C@@H]2CC(=O)N(CC(=O)N(C)c3nc(C)cs3)C2)ccc1OC. The van der Waals surface area contributed by atoms with Crippen molar-refractivity contribution >= 4 is 28.3 Å². The van der Waals surface area contributed by atoms with Gasteiger partial charge in [-0.2, -0.15) is 0 Å². The third-order valence-electron chi connectivity index (χ3n) is 4.77. The standard InChI is InChI=1S/C20H25N3O4S/c1-5-27-17-8-14(6-7-16(17)26-4)15-9-18(24)23(10-15)11-19(25)22(3)20-21-13(2)12-28-20/h6-8,12,15H,5,9-11H2,1-4H3/t15-/m1/s1. The molecular formula is C20H25N3O4S. The first-order valence-corrected chi connectivity index (χ1v) is 10.1. The zero-order chi connectivity index (χ0) is 20.3. The number of aryl methyl sites for hydroxylation is 1. The van der Waals surface area contributed by atoms with E-state index in [1.54, 1.807) is 19.1 Å². The van der Waals surface area contributed by atoms with E-state index in [9.17, 15) is 9.59 Å². The van der Waals surface area contributed by atoms with Crippen LogP contribution in [0.4, 0.5) is 5.13 Å². The average molecular weight is 404 g/mol. The van der Waals surface area contributed by atoms with Gasteiger partial charge in [0, 0.05) is 31.3 Å². The van der Waals surface area contributed by atoms with Crippen LogP contribution in [0, 0.1) is 6.92 Å². The molecule has 150 valence electrons. The summed E-state index contributed by atoms with van der Waals surface area (Å²) >= 11 is 1.42. The molecule has 0 spiro atoms. The maximum Gasteiger partial charge on any atom is 0.248 e. The Morgan fingerprint density at radius 3 is 2.82 bits per heavy atom. The molecule has 0 radical (unpaired) electrons. The molecule has 2 amide bonds. The lowest BCUT2D eigenvalue weighted by atomic mass is 9.98. The third kappa shape index (κ3) is 4.27. The van der Waals surface area contributed by atoms with Crippen LogP contribution in [0.2, 0.25) is 0 Å². The monoisotopic (exact) mass is 403 g/mol. The van der Waals surface area contributed by atoms with Crippen molar-refractivity contribution in [2.45, 2.75) is 26.2 Å². The van der Waals surface area contributed by atoms with Gasteiger partial charge in [-0.25, -0.2) is 4.98 Å². The van der Waals surface area contributed by atoms with Crippen molar-refractivity contribution < 1.29 is 19.1 Å². The van der Waals surface area contributed by atoms with Gasteiger partial charge in [-0.1, -0.05) is 6.07 Å². The van der Waals surface area contributed by atoms with Crippen molar-refractivity contribution in [1.82, 2.24) is 9.88 Å². The molecule has 0 bridgehead atoms. The Bertz CT molecular complexity index is 867. The first kappa shape index (κ1) is 20.1. The van der Waals surface area contributed by atoms with E-state index >= 15 is 0 Å². The molecular weight excluding hydrogens is 378 g/mol. The molecule has 0 aliphatic carbocycles. The van der Waals surface area contributed by atoms with Gasteiger partial charge in [-0.3, -0.25) is 14.5 Å². The highest BCUT2D eigenvalue weighted by Crippen LogP contribution is 2.35. The van der Waals surface area contributed by atoms with Crippen molar-refractivity contribution in [1.29, 1.82) is 0 Å². The number of hydrogen-bond donors (Lipinski definition) is 0. The second-order valence-electron chi connectivity index (χ2n) is 6.74. The van der Waals surface area contributed by atoms with E-state index in [-0.39, 0.29) is 24.3 Å². The van der Waals surface area contributed by atoms with Crippen LogP contribution in [-0.2, 0) is 9.59 Å². The summed E-state index contributed by atoms with van der Waals surface area (Å²) in [5, 5.41) is 2.54. The number of hydrogen-bond acceptors (Lipinski definition) is 6. The number of rotatable bonds is 7. The number of anilines is 1. The molecule has 1 atom stereocenters. The zero-order valence-electron chi connectivity index (χ0n) is 16.6. The van der Waals surface area contributed by atoms with Gasteiger partial charge in [-0.15, -0.1) is 11.3 Å². The number of thiazole rings is 1. The number of methoxy groups -OCH3 is 1. The minimum absolute atomic E-state index is 0.0177. The van der Waals surface area contributed by atoms with Gasteiger partial charge in [0.1, 0.15) is 6.54 Å². The van der Waals surface area contributed by atoms with E-state index in [1.807, 2.05) is 37.4 Å². The van der Waals surface area contributed by atoms with Crippen LogP contribution in [0.25, 0.3) is 0 Å². The maximum atomic E-state index is 12.6. The van der Waals surface area contributed by atoms with Gasteiger partial charge in [-0.05, 0) is 31.5 Å². The van der Waals surface area contributed by atoms with Crippen molar-refractivity contribution in [3.05, 3.63) is 34.8 Å². The average Bonchev–Trinajstić information content (AvgIpc) is 3.27. The Labute approximate surface area is 168 Å². The van der Waals surface area contributed by atoms with Crippen molar-refractivity contribution in [2.75, 3.05) is 38.8 Å². The first-order valence-electron chi connectivity index (χ1n) is 9.20. The van der Waals surface area contributed by atoms with Gasteiger partial charge in [0.05, 0.1) is 19.4 Å².